The summed E-state index contributed by atoms with van der Waals surface area (Å²) in [5.74, 6) is -0.794. The summed E-state index contributed by atoms with van der Waals surface area (Å²) in [5, 5.41) is 0. The molecule has 0 atom stereocenters. The van der Waals surface area contributed by atoms with Gasteiger partial charge in [-0.2, -0.15) is 0 Å². The van der Waals surface area contributed by atoms with Crippen LogP contribution in [0.15, 0.2) is 0 Å². The standard InChI is InChI=1S/C8H11O5P/c1-4-11-8(9)7-14(10,12-5-2)13-6-3/h1-3H,4-7H2. The number of rotatable bonds is 7. The van der Waals surface area contributed by atoms with E-state index in [1.54, 1.807) is 0 Å². The first-order chi connectivity index (χ1) is 6.58. The maximum absolute atomic E-state index is 11.6. The SMILES string of the molecule is [CH]COC(=O)CP(=O)(OC[CH])OC[CH]. The van der Waals surface area contributed by atoms with Crippen molar-refractivity contribution in [3.63, 3.8) is 0 Å². The minimum atomic E-state index is -3.59. The van der Waals surface area contributed by atoms with Crippen LogP contribution in [0, 0.1) is 20.8 Å². The van der Waals surface area contributed by atoms with E-state index in [4.69, 9.17) is 20.8 Å². The maximum atomic E-state index is 11.6. The summed E-state index contributed by atoms with van der Waals surface area (Å²) in [4.78, 5) is 10.9. The number of hydrogen-bond acceptors (Lipinski definition) is 5. The van der Waals surface area contributed by atoms with Crippen molar-refractivity contribution in [3.05, 3.63) is 20.8 Å². The monoisotopic (exact) mass is 218 g/mol. The fourth-order valence-corrected chi connectivity index (χ4v) is 1.77. The molecule has 0 aliphatic heterocycles. The van der Waals surface area contributed by atoms with E-state index in [0.717, 1.165) is 0 Å². The van der Waals surface area contributed by atoms with Crippen LogP contribution in [0.4, 0.5) is 0 Å². The Kier molecular flexibility index (Phi) is 6.79. The van der Waals surface area contributed by atoms with E-state index < -0.39 is 19.7 Å². The zero-order valence-electron chi connectivity index (χ0n) is 7.55. The van der Waals surface area contributed by atoms with E-state index in [1.807, 2.05) is 0 Å². The molecule has 0 amide bonds. The highest BCUT2D eigenvalue weighted by Crippen LogP contribution is 2.47. The lowest BCUT2D eigenvalue weighted by Crippen LogP contribution is -2.13. The Morgan fingerprint density at radius 3 is 1.93 bits per heavy atom. The van der Waals surface area contributed by atoms with E-state index in [9.17, 15) is 9.36 Å². The van der Waals surface area contributed by atoms with Gasteiger partial charge in [-0.15, -0.1) is 0 Å². The largest absolute Gasteiger partial charge is 0.465 e. The number of ether oxygens (including phenoxy) is 1. The molecule has 0 fully saturated rings. The molecule has 0 heterocycles. The Morgan fingerprint density at radius 2 is 1.57 bits per heavy atom. The first kappa shape index (κ1) is 13.6. The summed E-state index contributed by atoms with van der Waals surface area (Å²) >= 11 is 0. The van der Waals surface area contributed by atoms with Gasteiger partial charge in [0.1, 0.15) is 6.16 Å². The minimum absolute atomic E-state index is 0.302. The van der Waals surface area contributed by atoms with Gasteiger partial charge in [-0.1, -0.05) is 0 Å². The number of esters is 1. The van der Waals surface area contributed by atoms with Crippen LogP contribution in [-0.4, -0.2) is 32.0 Å². The molecule has 14 heavy (non-hydrogen) atoms. The summed E-state index contributed by atoms with van der Waals surface area (Å²) in [6.45, 7) is 14.0. The van der Waals surface area contributed by atoms with Gasteiger partial charge in [-0.05, 0) is 13.8 Å². The molecule has 0 spiro atoms. The number of carbonyl (C=O) groups excluding carboxylic acids is 1. The lowest BCUT2D eigenvalue weighted by atomic mass is 10.8. The maximum Gasteiger partial charge on any atom is 0.341 e. The second-order valence-corrected chi connectivity index (χ2v) is 4.10. The zero-order valence-corrected chi connectivity index (χ0v) is 8.44. The van der Waals surface area contributed by atoms with Crippen LogP contribution in [0.3, 0.4) is 0 Å². The van der Waals surface area contributed by atoms with Crippen molar-refractivity contribution in [2.45, 2.75) is 0 Å². The number of hydrogen-bond donors (Lipinski definition) is 0. The normalized spacial score (nSPS) is 11.4. The summed E-state index contributed by atoms with van der Waals surface area (Å²) in [6.07, 6.45) is -0.557. The second kappa shape index (κ2) is 6.98. The molecule has 0 unspecified atom stereocenters. The van der Waals surface area contributed by atoms with Crippen LogP contribution < -0.4 is 0 Å². The quantitative estimate of drug-likeness (QED) is 0.469. The first-order valence-corrected chi connectivity index (χ1v) is 5.44. The third kappa shape index (κ3) is 5.37. The topological polar surface area (TPSA) is 61.8 Å². The lowest BCUT2D eigenvalue weighted by Gasteiger charge is -2.15. The van der Waals surface area contributed by atoms with Gasteiger partial charge in [0.2, 0.25) is 0 Å². The summed E-state index contributed by atoms with van der Waals surface area (Å²) in [5.41, 5.74) is 0. The molecule has 0 bridgehead atoms. The van der Waals surface area contributed by atoms with Gasteiger partial charge >= 0.3 is 13.6 Å². The molecule has 0 aliphatic rings. The van der Waals surface area contributed by atoms with Crippen molar-refractivity contribution in [3.8, 4) is 0 Å². The van der Waals surface area contributed by atoms with Gasteiger partial charge in [-0.25, -0.2) is 0 Å². The average Bonchev–Trinajstić information content (AvgIpc) is 2.04. The molecule has 0 saturated heterocycles. The molecule has 0 aliphatic carbocycles. The number of carbonyl (C=O) groups is 1. The third-order valence-corrected chi connectivity index (χ3v) is 2.84. The van der Waals surface area contributed by atoms with Gasteiger partial charge in [-0.3, -0.25) is 9.36 Å². The Balaban J connectivity index is 4.21. The van der Waals surface area contributed by atoms with Crippen LogP contribution in [0.5, 0.6) is 0 Å². The van der Waals surface area contributed by atoms with Gasteiger partial charge in [0.25, 0.3) is 0 Å². The molecule has 0 aromatic heterocycles. The highest BCUT2D eigenvalue weighted by molar-refractivity contribution is 7.54. The van der Waals surface area contributed by atoms with E-state index in [-0.39, 0.29) is 19.8 Å². The molecule has 6 heteroatoms. The summed E-state index contributed by atoms with van der Waals surface area (Å²) in [6, 6.07) is 0. The Hall–Kier alpha value is -0.380. The second-order valence-electron chi connectivity index (χ2n) is 2.04. The molecule has 78 valence electrons. The van der Waals surface area contributed by atoms with E-state index in [1.165, 1.54) is 0 Å². The lowest BCUT2D eigenvalue weighted by molar-refractivity contribution is -0.139. The average molecular weight is 218 g/mol. The molecule has 0 rings (SSSR count). The minimum Gasteiger partial charge on any atom is -0.465 e. The molecule has 0 saturated carbocycles. The van der Waals surface area contributed by atoms with Crippen LogP contribution in [0.1, 0.15) is 0 Å². The Morgan fingerprint density at radius 1 is 1.07 bits per heavy atom. The Labute approximate surface area is 84.3 Å². The van der Waals surface area contributed by atoms with Gasteiger partial charge in [0.15, 0.2) is 0 Å². The third-order valence-electron chi connectivity index (χ3n) is 1.11. The molecule has 0 aromatic carbocycles. The fourth-order valence-electron chi connectivity index (χ4n) is 0.652. The van der Waals surface area contributed by atoms with Crippen molar-refractivity contribution in [1.82, 2.24) is 0 Å². The van der Waals surface area contributed by atoms with Crippen molar-refractivity contribution >= 4 is 13.6 Å². The van der Waals surface area contributed by atoms with Crippen LogP contribution in [-0.2, 0) is 23.1 Å². The van der Waals surface area contributed by atoms with E-state index in [0.29, 0.717) is 0 Å². The van der Waals surface area contributed by atoms with Gasteiger partial charge < -0.3 is 13.8 Å². The highest BCUT2D eigenvalue weighted by atomic mass is 31.2. The molecular formula is C8H11O5P. The highest BCUT2D eigenvalue weighted by Gasteiger charge is 2.28. The predicted octanol–water partition coefficient (Wildman–Crippen LogP) is 0.889. The van der Waals surface area contributed by atoms with E-state index >= 15 is 0 Å². The van der Waals surface area contributed by atoms with Crippen molar-refractivity contribution < 1.29 is 23.1 Å². The molecule has 5 nitrogen and oxygen atoms in total. The van der Waals surface area contributed by atoms with Crippen molar-refractivity contribution in [2.75, 3.05) is 26.0 Å². The predicted molar refractivity (Wildman–Crippen MR) is 48.2 cm³/mol. The van der Waals surface area contributed by atoms with Crippen LogP contribution in [0.2, 0.25) is 0 Å². The smallest absolute Gasteiger partial charge is 0.341 e. The van der Waals surface area contributed by atoms with Gasteiger partial charge in [0, 0.05) is 6.92 Å². The molecular weight excluding hydrogens is 207 g/mol. The molecule has 0 aromatic rings. The van der Waals surface area contributed by atoms with Gasteiger partial charge in [0.05, 0.1) is 19.8 Å². The molecule has 0 N–H and O–H groups in total. The fraction of sp³-hybridized carbons (Fsp3) is 0.500. The van der Waals surface area contributed by atoms with E-state index in [2.05, 4.69) is 13.8 Å². The summed E-state index contributed by atoms with van der Waals surface area (Å²) < 4.78 is 25.1. The zero-order chi connectivity index (χ0) is 11.0. The van der Waals surface area contributed by atoms with Crippen molar-refractivity contribution in [1.29, 1.82) is 0 Å². The Bertz CT molecular complexity index is 206. The van der Waals surface area contributed by atoms with Crippen LogP contribution >= 0.6 is 7.60 Å². The summed E-state index contributed by atoms with van der Waals surface area (Å²) in [7, 11) is -3.59. The first-order valence-electron chi connectivity index (χ1n) is 3.72. The van der Waals surface area contributed by atoms with Crippen LogP contribution in [0.25, 0.3) is 0 Å². The molecule has 6 radical (unpaired) electrons. The van der Waals surface area contributed by atoms with Crippen molar-refractivity contribution in [2.24, 2.45) is 0 Å².